The molecule has 2 saturated carbocycles. The summed E-state index contributed by atoms with van der Waals surface area (Å²) in [4.78, 5) is 10.3. The predicted octanol–water partition coefficient (Wildman–Crippen LogP) is 8.70. The van der Waals surface area contributed by atoms with Gasteiger partial charge >= 0.3 is 35.0 Å². The third-order valence-electron chi connectivity index (χ3n) is 7.91. The number of rotatable bonds is 7. The molecular formula is C26H48Cl2N2Pd. The van der Waals surface area contributed by atoms with Crippen molar-refractivity contribution in [2.45, 2.75) is 106 Å². The van der Waals surface area contributed by atoms with Gasteiger partial charge in [0.2, 0.25) is 0 Å². The van der Waals surface area contributed by atoms with Crippen molar-refractivity contribution < 1.29 is 15.9 Å². The summed E-state index contributed by atoms with van der Waals surface area (Å²) < 4.78 is 0. The van der Waals surface area contributed by atoms with Crippen LogP contribution in [-0.4, -0.2) is 24.5 Å². The molecule has 0 aromatic rings. The molecule has 2 fully saturated rings. The Labute approximate surface area is 209 Å². The van der Waals surface area contributed by atoms with Gasteiger partial charge in [-0.2, -0.15) is 0 Å². The topological polar surface area (TPSA) is 24.7 Å². The summed E-state index contributed by atoms with van der Waals surface area (Å²) >= 11 is -0.106. The molecule has 0 spiro atoms. The second-order valence-corrected chi connectivity index (χ2v) is 13.5. The van der Waals surface area contributed by atoms with Crippen molar-refractivity contribution in [2.24, 2.45) is 57.3 Å². The Balaban J connectivity index is 0.00000151. The van der Waals surface area contributed by atoms with Crippen molar-refractivity contribution in [2.75, 3.05) is 0 Å². The molecule has 0 aromatic carbocycles. The van der Waals surface area contributed by atoms with Crippen LogP contribution in [0.2, 0.25) is 0 Å². The second-order valence-electron chi connectivity index (χ2n) is 11.1. The predicted molar refractivity (Wildman–Crippen MR) is 137 cm³/mol. The number of hydrogen-bond donors (Lipinski definition) is 0. The Morgan fingerprint density at radius 3 is 1.00 bits per heavy atom. The molecule has 5 heteroatoms. The molecule has 4 unspecified atom stereocenters. The maximum absolute atomic E-state index is 5.14. The fraction of sp³-hybridized carbons (Fsp3) is 0.923. The van der Waals surface area contributed by atoms with Gasteiger partial charge in [-0.15, -0.1) is 0 Å². The molecule has 31 heavy (non-hydrogen) atoms. The Hall–Kier alpha value is 0.582. The van der Waals surface area contributed by atoms with Crippen LogP contribution in [-0.2, 0) is 15.9 Å². The summed E-state index contributed by atoms with van der Waals surface area (Å²) in [5, 5.41) is 0. The van der Waals surface area contributed by atoms with Crippen molar-refractivity contribution >= 4 is 31.5 Å². The van der Waals surface area contributed by atoms with Crippen LogP contribution in [0.15, 0.2) is 9.98 Å². The Kier molecular flexibility index (Phi) is 14.8. The van der Waals surface area contributed by atoms with Crippen molar-refractivity contribution in [3.63, 3.8) is 0 Å². The summed E-state index contributed by atoms with van der Waals surface area (Å²) in [7, 11) is 9.63. The Morgan fingerprint density at radius 1 is 0.581 bits per heavy atom. The van der Waals surface area contributed by atoms with Gasteiger partial charge in [-0.3, -0.25) is 9.98 Å². The van der Waals surface area contributed by atoms with E-state index in [1.807, 2.05) is 0 Å². The maximum atomic E-state index is 5.14. The normalized spacial score (nSPS) is 32.6. The molecule has 186 valence electrons. The first-order valence-corrected chi connectivity index (χ1v) is 16.5. The average Bonchev–Trinajstić information content (AvgIpc) is 2.71. The third kappa shape index (κ3) is 9.39. The van der Waals surface area contributed by atoms with Gasteiger partial charge in [0.25, 0.3) is 0 Å². The molecule has 2 aliphatic rings. The molecule has 2 nitrogen and oxygen atoms in total. The van der Waals surface area contributed by atoms with Gasteiger partial charge in [0.1, 0.15) is 0 Å². The van der Waals surface area contributed by atoms with E-state index in [9.17, 15) is 0 Å². The molecule has 0 heterocycles. The van der Waals surface area contributed by atoms with Crippen molar-refractivity contribution in [1.82, 2.24) is 0 Å². The van der Waals surface area contributed by atoms with Crippen LogP contribution in [0.25, 0.3) is 0 Å². The zero-order valence-electron chi connectivity index (χ0n) is 21.1. The molecule has 0 bridgehead atoms. The summed E-state index contributed by atoms with van der Waals surface area (Å²) in [5.74, 6) is 5.78. The van der Waals surface area contributed by atoms with Crippen molar-refractivity contribution in [1.29, 1.82) is 0 Å². The zero-order chi connectivity index (χ0) is 23.6. The zero-order valence-corrected chi connectivity index (χ0v) is 24.2. The molecule has 0 saturated heterocycles. The molecule has 0 N–H and O–H groups in total. The first-order chi connectivity index (χ1) is 14.6. The average molecular weight is 566 g/mol. The first-order valence-electron chi connectivity index (χ1n) is 12.5. The first kappa shape index (κ1) is 29.6. The molecule has 0 aliphatic heterocycles. The standard InChI is InChI=1S/C26H48N2.2ClH.Pd/c1-17(2)21-11-9-12-22(18(3)4)25(21)27-15-16-28-26-23(19(5)6)13-10-14-24(26)20(7)8;;;/h15-26H,9-14H2,1-8H3;2*1H;/q;;;+2/p-2. The van der Waals surface area contributed by atoms with Gasteiger partial charge in [0, 0.05) is 12.4 Å². The van der Waals surface area contributed by atoms with Crippen LogP contribution in [0.4, 0.5) is 0 Å². The van der Waals surface area contributed by atoms with E-state index in [1.165, 1.54) is 38.5 Å². The second kappa shape index (κ2) is 15.5. The van der Waals surface area contributed by atoms with Crippen LogP contribution in [0, 0.1) is 47.3 Å². The van der Waals surface area contributed by atoms with Crippen LogP contribution in [0.1, 0.15) is 93.9 Å². The van der Waals surface area contributed by atoms with Crippen LogP contribution in [0.3, 0.4) is 0 Å². The van der Waals surface area contributed by atoms with Gasteiger partial charge in [0.15, 0.2) is 0 Å². The minimum absolute atomic E-state index is 0.106. The van der Waals surface area contributed by atoms with Crippen molar-refractivity contribution in [3.05, 3.63) is 0 Å². The van der Waals surface area contributed by atoms with E-state index >= 15 is 0 Å². The molecule has 4 atom stereocenters. The molecular weight excluding hydrogens is 518 g/mol. The van der Waals surface area contributed by atoms with E-state index in [0.29, 0.717) is 12.1 Å². The Morgan fingerprint density at radius 2 is 0.806 bits per heavy atom. The summed E-state index contributed by atoms with van der Waals surface area (Å²) in [5.41, 5.74) is 0. The third-order valence-corrected chi connectivity index (χ3v) is 7.91. The van der Waals surface area contributed by atoms with E-state index in [4.69, 9.17) is 29.0 Å². The van der Waals surface area contributed by atoms with Gasteiger partial charge < -0.3 is 0 Å². The SMILES string of the molecule is CC(C)C1CCCC(C(C)C)C1N=CC=NC1C(C(C)C)CCCC1C(C)C.[Cl][Pd][Cl]. The van der Waals surface area contributed by atoms with Gasteiger partial charge in [-0.1, -0.05) is 68.2 Å². The molecule has 0 amide bonds. The van der Waals surface area contributed by atoms with E-state index < -0.39 is 0 Å². The molecule has 0 radical (unpaired) electrons. The number of hydrogen-bond acceptors (Lipinski definition) is 2. The van der Waals surface area contributed by atoms with Crippen molar-refractivity contribution in [3.8, 4) is 0 Å². The van der Waals surface area contributed by atoms with E-state index in [2.05, 4.69) is 67.8 Å². The number of halogens is 2. The number of nitrogens with zero attached hydrogens (tertiary/aromatic N) is 2. The van der Waals surface area contributed by atoms with E-state index in [-0.39, 0.29) is 15.9 Å². The van der Waals surface area contributed by atoms with E-state index in [1.54, 1.807) is 0 Å². The summed E-state index contributed by atoms with van der Waals surface area (Å²) in [6.07, 6.45) is 12.3. The molecule has 0 aromatic heterocycles. The Bertz CT molecular complexity index is 456. The minimum atomic E-state index is -0.106. The van der Waals surface area contributed by atoms with Crippen LogP contribution in [0.5, 0.6) is 0 Å². The quantitative estimate of drug-likeness (QED) is 0.218. The van der Waals surface area contributed by atoms with Crippen LogP contribution >= 0.6 is 19.1 Å². The van der Waals surface area contributed by atoms with Gasteiger partial charge in [0.05, 0.1) is 12.1 Å². The monoisotopic (exact) mass is 564 g/mol. The molecule has 2 rings (SSSR count). The van der Waals surface area contributed by atoms with Gasteiger partial charge in [-0.05, 0) is 73.0 Å². The van der Waals surface area contributed by atoms with E-state index in [0.717, 1.165) is 47.3 Å². The summed E-state index contributed by atoms with van der Waals surface area (Å²) in [6, 6.07) is 0.960. The fourth-order valence-electron chi connectivity index (χ4n) is 6.13. The fourth-order valence-corrected chi connectivity index (χ4v) is 6.13. The van der Waals surface area contributed by atoms with Crippen LogP contribution < -0.4 is 0 Å². The molecule has 2 aliphatic carbocycles. The number of aliphatic imine (C=N–C) groups is 2. The summed E-state index contributed by atoms with van der Waals surface area (Å²) in [6.45, 7) is 19.1. The van der Waals surface area contributed by atoms with Gasteiger partial charge in [-0.25, -0.2) is 0 Å².